The molecule has 0 bridgehead atoms. The zero-order chi connectivity index (χ0) is 13.2. The minimum Gasteiger partial charge on any atom is -0.456 e. The molecule has 0 N–H and O–H groups in total. The second-order valence-corrected chi connectivity index (χ2v) is 4.80. The van der Waals surface area contributed by atoms with Crippen LogP contribution in [0.3, 0.4) is 0 Å². The van der Waals surface area contributed by atoms with Crippen molar-refractivity contribution in [2.45, 2.75) is 13.5 Å². The fourth-order valence-corrected chi connectivity index (χ4v) is 2.49. The third-order valence-corrected chi connectivity index (χ3v) is 3.55. The van der Waals surface area contributed by atoms with Crippen molar-refractivity contribution in [3.8, 4) is 0 Å². The van der Waals surface area contributed by atoms with Gasteiger partial charge in [-0.2, -0.15) is 0 Å². The van der Waals surface area contributed by atoms with Crippen molar-refractivity contribution in [3.05, 3.63) is 52.5 Å². The number of hydrogen-bond donors (Lipinski definition) is 0. The number of hydrogen-bond acceptors (Lipinski definition) is 3. The fourth-order valence-electron chi connectivity index (χ4n) is 2.16. The van der Waals surface area contributed by atoms with Gasteiger partial charge in [-0.05, 0) is 36.8 Å². The summed E-state index contributed by atoms with van der Waals surface area (Å²) in [7, 11) is 0. The van der Waals surface area contributed by atoms with E-state index in [0.29, 0.717) is 13.2 Å². The van der Waals surface area contributed by atoms with Crippen LogP contribution in [-0.4, -0.2) is 6.61 Å². The Morgan fingerprint density at radius 3 is 2.68 bits per heavy atom. The second kappa shape index (κ2) is 5.11. The van der Waals surface area contributed by atoms with Gasteiger partial charge in [0, 0.05) is 17.4 Å². The summed E-state index contributed by atoms with van der Waals surface area (Å²) < 4.78 is 12.2. The molecule has 0 saturated carbocycles. The molecular weight excluding hydrogens is 256 g/mol. The van der Waals surface area contributed by atoms with Crippen LogP contribution in [0.25, 0.3) is 21.9 Å². The molecule has 0 aliphatic carbocycles. The molecule has 2 nitrogen and oxygen atoms in total. The highest BCUT2D eigenvalue weighted by molar-refractivity contribution is 7.72. The molecule has 96 valence electrons. The zero-order valence-corrected chi connectivity index (χ0v) is 11.5. The first-order chi connectivity index (χ1) is 9.29. The number of ether oxygens (including phenoxy) is 1. The molecule has 3 heteroatoms. The van der Waals surface area contributed by atoms with Crippen LogP contribution >= 0.6 is 12.2 Å². The van der Waals surface area contributed by atoms with Gasteiger partial charge in [0.2, 0.25) is 0 Å². The molecule has 2 aromatic carbocycles. The maximum atomic E-state index is 5.88. The van der Waals surface area contributed by atoms with Crippen molar-refractivity contribution >= 4 is 34.2 Å². The molecule has 0 fully saturated rings. The lowest BCUT2D eigenvalue weighted by atomic mass is 10.1. The average molecular weight is 270 g/mol. The fraction of sp³-hybridized carbons (Fsp3) is 0.188. The topological polar surface area (TPSA) is 22.4 Å². The van der Waals surface area contributed by atoms with Crippen LogP contribution in [0.5, 0.6) is 0 Å². The van der Waals surface area contributed by atoms with E-state index in [1.54, 1.807) is 0 Å². The standard InChI is InChI=1S/C16H14O2S/c1-2-17-10-11-7-8-15-13(9-11)16(19)12-5-3-4-6-14(12)18-15/h3-9H,2,10H2,1H3. The Labute approximate surface area is 116 Å². The van der Waals surface area contributed by atoms with E-state index in [1.807, 2.05) is 43.3 Å². The molecule has 0 unspecified atom stereocenters. The molecule has 0 spiro atoms. The van der Waals surface area contributed by atoms with Gasteiger partial charge in [-0.3, -0.25) is 0 Å². The van der Waals surface area contributed by atoms with Crippen LogP contribution in [-0.2, 0) is 11.3 Å². The van der Waals surface area contributed by atoms with Gasteiger partial charge >= 0.3 is 0 Å². The SMILES string of the molecule is CCOCc1ccc2oc3ccccc3c(=S)c2c1. The molecule has 1 heterocycles. The maximum Gasteiger partial charge on any atom is 0.136 e. The van der Waals surface area contributed by atoms with E-state index < -0.39 is 0 Å². The van der Waals surface area contributed by atoms with Gasteiger partial charge in [-0.1, -0.05) is 30.4 Å². The molecule has 0 amide bonds. The molecule has 0 atom stereocenters. The largest absolute Gasteiger partial charge is 0.456 e. The minimum absolute atomic E-state index is 0.605. The first kappa shape index (κ1) is 12.3. The Hall–Kier alpha value is -1.71. The van der Waals surface area contributed by atoms with Crippen LogP contribution in [0.15, 0.2) is 46.9 Å². The van der Waals surface area contributed by atoms with E-state index in [9.17, 15) is 0 Å². The summed E-state index contributed by atoms with van der Waals surface area (Å²) in [6.07, 6.45) is 0. The van der Waals surface area contributed by atoms with E-state index in [2.05, 4.69) is 6.07 Å². The number of fused-ring (bicyclic) bond motifs is 2. The van der Waals surface area contributed by atoms with Crippen LogP contribution in [0.4, 0.5) is 0 Å². The monoisotopic (exact) mass is 270 g/mol. The Morgan fingerprint density at radius 2 is 1.84 bits per heavy atom. The highest BCUT2D eigenvalue weighted by Crippen LogP contribution is 2.26. The first-order valence-corrected chi connectivity index (χ1v) is 6.72. The summed E-state index contributed by atoms with van der Waals surface area (Å²) in [5, 5.41) is 1.96. The van der Waals surface area contributed by atoms with E-state index in [0.717, 1.165) is 32.0 Å². The smallest absolute Gasteiger partial charge is 0.136 e. The van der Waals surface area contributed by atoms with Crippen molar-refractivity contribution in [1.82, 2.24) is 0 Å². The highest BCUT2D eigenvalue weighted by atomic mass is 32.1. The summed E-state index contributed by atoms with van der Waals surface area (Å²) in [5.41, 5.74) is 2.77. The lowest BCUT2D eigenvalue weighted by Gasteiger charge is -2.05. The molecule has 3 aromatic rings. The van der Waals surface area contributed by atoms with Crippen molar-refractivity contribution in [1.29, 1.82) is 0 Å². The van der Waals surface area contributed by atoms with E-state index in [4.69, 9.17) is 21.4 Å². The second-order valence-electron chi connectivity index (χ2n) is 4.39. The lowest BCUT2D eigenvalue weighted by molar-refractivity contribution is 0.134. The Kier molecular flexibility index (Phi) is 3.32. The number of para-hydroxylation sites is 1. The van der Waals surface area contributed by atoms with Crippen LogP contribution in [0.1, 0.15) is 12.5 Å². The Balaban J connectivity index is 2.24. The third-order valence-electron chi connectivity index (χ3n) is 3.11. The minimum atomic E-state index is 0.605. The summed E-state index contributed by atoms with van der Waals surface area (Å²) in [4.78, 5) is 0. The van der Waals surface area contributed by atoms with Crippen molar-refractivity contribution in [3.63, 3.8) is 0 Å². The lowest BCUT2D eigenvalue weighted by Crippen LogP contribution is -1.91. The zero-order valence-electron chi connectivity index (χ0n) is 10.7. The van der Waals surface area contributed by atoms with Gasteiger partial charge in [-0.25, -0.2) is 0 Å². The van der Waals surface area contributed by atoms with Crippen molar-refractivity contribution in [2.75, 3.05) is 6.61 Å². The van der Waals surface area contributed by atoms with Crippen LogP contribution in [0, 0.1) is 4.51 Å². The average Bonchev–Trinajstić information content (AvgIpc) is 2.46. The van der Waals surface area contributed by atoms with Gasteiger partial charge in [0.15, 0.2) is 0 Å². The Bertz CT molecular complexity index is 789. The van der Waals surface area contributed by atoms with Gasteiger partial charge < -0.3 is 9.15 Å². The number of rotatable bonds is 3. The van der Waals surface area contributed by atoms with Gasteiger partial charge in [0.05, 0.1) is 11.1 Å². The van der Waals surface area contributed by atoms with E-state index in [-0.39, 0.29) is 0 Å². The summed E-state index contributed by atoms with van der Waals surface area (Å²) >= 11 is 5.57. The van der Waals surface area contributed by atoms with Crippen LogP contribution < -0.4 is 0 Å². The molecule has 0 aliphatic rings. The maximum absolute atomic E-state index is 5.88. The predicted molar refractivity (Wildman–Crippen MR) is 79.9 cm³/mol. The molecule has 1 aromatic heterocycles. The summed E-state index contributed by atoms with van der Waals surface area (Å²) in [5.74, 6) is 0. The molecule has 3 rings (SSSR count). The third kappa shape index (κ3) is 2.27. The van der Waals surface area contributed by atoms with E-state index in [1.165, 1.54) is 0 Å². The Morgan fingerprint density at radius 1 is 1.05 bits per heavy atom. The molecule has 0 radical (unpaired) electrons. The first-order valence-electron chi connectivity index (χ1n) is 6.32. The predicted octanol–water partition coefficient (Wildman–Crippen LogP) is 4.85. The number of benzene rings is 2. The molecule has 0 aliphatic heterocycles. The molecule has 19 heavy (non-hydrogen) atoms. The van der Waals surface area contributed by atoms with Gasteiger partial charge in [0.1, 0.15) is 11.2 Å². The van der Waals surface area contributed by atoms with Crippen LogP contribution in [0.2, 0.25) is 0 Å². The van der Waals surface area contributed by atoms with Gasteiger partial charge in [0.25, 0.3) is 0 Å². The molecule has 0 saturated heterocycles. The quantitative estimate of drug-likeness (QED) is 0.501. The molecular formula is C16H14O2S. The normalized spacial score (nSPS) is 11.2. The summed E-state index contributed by atoms with van der Waals surface area (Å²) in [6, 6.07) is 13.9. The highest BCUT2D eigenvalue weighted by Gasteiger charge is 2.05. The van der Waals surface area contributed by atoms with Gasteiger partial charge in [-0.15, -0.1) is 0 Å². The van der Waals surface area contributed by atoms with Crippen molar-refractivity contribution < 1.29 is 9.15 Å². The van der Waals surface area contributed by atoms with E-state index >= 15 is 0 Å². The summed E-state index contributed by atoms with van der Waals surface area (Å²) in [6.45, 7) is 3.30. The van der Waals surface area contributed by atoms with Crippen molar-refractivity contribution in [2.24, 2.45) is 0 Å².